The molecule has 4 bridgehead atoms. The number of esters is 1. The van der Waals surface area contributed by atoms with Crippen LogP contribution >= 0.6 is 0 Å². The summed E-state index contributed by atoms with van der Waals surface area (Å²) in [4.78, 5) is 36.8. The van der Waals surface area contributed by atoms with E-state index in [-0.39, 0.29) is 29.6 Å². The first-order chi connectivity index (χ1) is 14.0. The lowest BCUT2D eigenvalue weighted by atomic mass is 9.49. The summed E-state index contributed by atoms with van der Waals surface area (Å²) in [5.74, 6) is 1.81. The van der Waals surface area contributed by atoms with Crippen molar-refractivity contribution in [3.63, 3.8) is 0 Å². The van der Waals surface area contributed by atoms with Crippen LogP contribution in [-0.4, -0.2) is 30.9 Å². The third-order valence-electron chi connectivity index (χ3n) is 6.84. The number of carbonyl (C=O) groups excluding carboxylic acids is 3. The molecule has 4 aliphatic rings. The minimum Gasteiger partial charge on any atom is -0.462 e. The normalized spacial score (nSPS) is 29.3. The largest absolute Gasteiger partial charge is 0.462 e. The lowest BCUT2D eigenvalue weighted by Crippen LogP contribution is -2.53. The number of amides is 2. The van der Waals surface area contributed by atoms with Crippen molar-refractivity contribution in [1.82, 2.24) is 5.32 Å². The zero-order valence-corrected chi connectivity index (χ0v) is 17.0. The molecule has 0 spiro atoms. The number of anilines is 1. The van der Waals surface area contributed by atoms with Crippen molar-refractivity contribution in [2.45, 2.75) is 51.9 Å². The number of hydrogen-bond donors (Lipinski definition) is 2. The highest BCUT2D eigenvalue weighted by atomic mass is 16.5. The van der Waals surface area contributed by atoms with E-state index in [4.69, 9.17) is 4.74 Å². The Bertz CT molecular complexity index is 751. The first-order valence-electron chi connectivity index (χ1n) is 10.8. The highest BCUT2D eigenvalue weighted by Crippen LogP contribution is 2.60. The quantitative estimate of drug-likeness (QED) is 0.688. The molecule has 29 heavy (non-hydrogen) atoms. The van der Waals surface area contributed by atoms with Gasteiger partial charge in [0.2, 0.25) is 11.8 Å². The summed E-state index contributed by atoms with van der Waals surface area (Å²) in [6, 6.07) is 6.61. The number of rotatable bonds is 7. The molecule has 0 saturated heterocycles. The molecule has 4 aliphatic carbocycles. The van der Waals surface area contributed by atoms with Gasteiger partial charge in [0.1, 0.15) is 0 Å². The summed E-state index contributed by atoms with van der Waals surface area (Å²) in [5, 5.41) is 5.84. The molecule has 0 aromatic heterocycles. The van der Waals surface area contributed by atoms with Gasteiger partial charge in [-0.1, -0.05) is 0 Å². The number of ether oxygens (including phenoxy) is 1. The second-order valence-corrected chi connectivity index (χ2v) is 9.05. The van der Waals surface area contributed by atoms with Crippen molar-refractivity contribution >= 4 is 23.5 Å². The van der Waals surface area contributed by atoms with Crippen LogP contribution in [0.15, 0.2) is 24.3 Å². The Morgan fingerprint density at radius 2 is 1.59 bits per heavy atom. The topological polar surface area (TPSA) is 84.5 Å². The van der Waals surface area contributed by atoms with Gasteiger partial charge in [0.15, 0.2) is 0 Å². The molecule has 0 unspecified atom stereocenters. The number of benzene rings is 1. The zero-order valence-electron chi connectivity index (χ0n) is 17.0. The molecule has 0 heterocycles. The molecule has 1 aromatic carbocycles. The van der Waals surface area contributed by atoms with Crippen LogP contribution in [-0.2, 0) is 14.3 Å². The van der Waals surface area contributed by atoms with Crippen LogP contribution in [0.25, 0.3) is 0 Å². The van der Waals surface area contributed by atoms with E-state index < -0.39 is 0 Å². The van der Waals surface area contributed by atoms with Gasteiger partial charge in [-0.25, -0.2) is 4.79 Å². The van der Waals surface area contributed by atoms with E-state index >= 15 is 0 Å². The van der Waals surface area contributed by atoms with Gasteiger partial charge in [-0.05, 0) is 87.5 Å². The molecule has 0 atom stereocenters. The maximum Gasteiger partial charge on any atom is 0.338 e. The third-order valence-corrected chi connectivity index (χ3v) is 6.84. The van der Waals surface area contributed by atoms with Gasteiger partial charge in [0.05, 0.1) is 12.2 Å². The Morgan fingerprint density at radius 3 is 2.14 bits per heavy atom. The Kier molecular flexibility index (Phi) is 5.61. The van der Waals surface area contributed by atoms with Crippen molar-refractivity contribution < 1.29 is 19.1 Å². The standard InChI is InChI=1S/C23H30N2O4/c1-2-29-21(27)18-3-5-19(6-4-18)25-20(26)7-8-24-22(28)23-12-15-9-16(13-23)11-17(10-15)14-23/h3-6,15-17H,2,7-14H2,1H3,(H,24,28)(H,25,26). The molecule has 156 valence electrons. The van der Waals surface area contributed by atoms with Gasteiger partial charge in [-0.2, -0.15) is 0 Å². The molecule has 4 saturated carbocycles. The number of carbonyl (C=O) groups is 3. The van der Waals surface area contributed by atoms with Crippen molar-refractivity contribution in [2.24, 2.45) is 23.2 Å². The molecule has 4 fully saturated rings. The molecule has 2 amide bonds. The monoisotopic (exact) mass is 398 g/mol. The van der Waals surface area contributed by atoms with E-state index in [9.17, 15) is 14.4 Å². The van der Waals surface area contributed by atoms with Gasteiger partial charge in [0, 0.05) is 24.1 Å². The maximum absolute atomic E-state index is 12.9. The van der Waals surface area contributed by atoms with Crippen LogP contribution in [0, 0.1) is 23.2 Å². The van der Waals surface area contributed by atoms with Crippen LogP contribution in [0.3, 0.4) is 0 Å². The van der Waals surface area contributed by atoms with Crippen molar-refractivity contribution in [1.29, 1.82) is 0 Å². The summed E-state index contributed by atoms with van der Waals surface area (Å²) in [5.41, 5.74) is 0.900. The van der Waals surface area contributed by atoms with Crippen molar-refractivity contribution in [3.05, 3.63) is 29.8 Å². The molecular formula is C23H30N2O4. The summed E-state index contributed by atoms with van der Waals surface area (Å²) < 4.78 is 4.95. The number of hydrogen-bond acceptors (Lipinski definition) is 4. The molecule has 6 nitrogen and oxygen atoms in total. The minimum absolute atomic E-state index is 0.153. The van der Waals surface area contributed by atoms with Crippen LogP contribution in [0.1, 0.15) is 62.2 Å². The molecule has 2 N–H and O–H groups in total. The fourth-order valence-electron chi connectivity index (χ4n) is 5.99. The van der Waals surface area contributed by atoms with E-state index in [0.29, 0.717) is 24.4 Å². The van der Waals surface area contributed by atoms with Crippen LogP contribution in [0.5, 0.6) is 0 Å². The second kappa shape index (κ2) is 8.17. The zero-order chi connectivity index (χ0) is 20.4. The van der Waals surface area contributed by atoms with E-state index in [0.717, 1.165) is 37.0 Å². The smallest absolute Gasteiger partial charge is 0.338 e. The molecule has 6 heteroatoms. The van der Waals surface area contributed by atoms with Crippen LogP contribution < -0.4 is 10.6 Å². The SMILES string of the molecule is CCOC(=O)c1ccc(NC(=O)CCNC(=O)C23CC4CC(CC(C4)C2)C3)cc1. The average Bonchev–Trinajstić information content (AvgIpc) is 2.67. The molecule has 0 radical (unpaired) electrons. The van der Waals surface area contributed by atoms with E-state index in [1.807, 2.05) is 0 Å². The maximum atomic E-state index is 12.9. The molecule has 5 rings (SSSR count). The van der Waals surface area contributed by atoms with Gasteiger partial charge >= 0.3 is 5.97 Å². The first kappa shape index (κ1) is 19.9. The highest BCUT2D eigenvalue weighted by Gasteiger charge is 2.54. The van der Waals surface area contributed by atoms with Gasteiger partial charge in [0.25, 0.3) is 0 Å². The van der Waals surface area contributed by atoms with E-state index in [2.05, 4.69) is 10.6 Å². The Hall–Kier alpha value is -2.37. The summed E-state index contributed by atoms with van der Waals surface area (Å²) in [6.07, 6.45) is 7.26. The van der Waals surface area contributed by atoms with Crippen LogP contribution in [0.4, 0.5) is 5.69 Å². The highest BCUT2D eigenvalue weighted by molar-refractivity contribution is 5.93. The Balaban J connectivity index is 1.23. The van der Waals surface area contributed by atoms with Gasteiger partial charge in [-0.15, -0.1) is 0 Å². The number of nitrogens with one attached hydrogen (secondary N) is 2. The minimum atomic E-state index is -0.377. The average molecular weight is 399 g/mol. The van der Waals surface area contributed by atoms with Gasteiger partial charge < -0.3 is 15.4 Å². The fourth-order valence-corrected chi connectivity index (χ4v) is 5.99. The summed E-state index contributed by atoms with van der Waals surface area (Å²) in [7, 11) is 0. The molecular weight excluding hydrogens is 368 g/mol. The summed E-state index contributed by atoms with van der Waals surface area (Å²) in [6.45, 7) is 2.44. The third kappa shape index (κ3) is 4.31. The van der Waals surface area contributed by atoms with Crippen molar-refractivity contribution in [2.75, 3.05) is 18.5 Å². The fraction of sp³-hybridized carbons (Fsp3) is 0.609. The lowest BCUT2D eigenvalue weighted by molar-refractivity contribution is -0.146. The van der Waals surface area contributed by atoms with Crippen LogP contribution in [0.2, 0.25) is 0 Å². The van der Waals surface area contributed by atoms with Gasteiger partial charge in [-0.3, -0.25) is 9.59 Å². The lowest BCUT2D eigenvalue weighted by Gasteiger charge is -2.55. The van der Waals surface area contributed by atoms with E-state index in [1.54, 1.807) is 31.2 Å². The molecule has 1 aromatic rings. The second-order valence-electron chi connectivity index (χ2n) is 9.05. The predicted octanol–water partition coefficient (Wildman–Crippen LogP) is 3.52. The van der Waals surface area contributed by atoms with Crippen molar-refractivity contribution in [3.8, 4) is 0 Å². The first-order valence-corrected chi connectivity index (χ1v) is 10.8. The molecule has 0 aliphatic heterocycles. The Morgan fingerprint density at radius 1 is 1.00 bits per heavy atom. The predicted molar refractivity (Wildman–Crippen MR) is 109 cm³/mol. The Labute approximate surface area is 171 Å². The summed E-state index contributed by atoms with van der Waals surface area (Å²) >= 11 is 0. The van der Waals surface area contributed by atoms with E-state index in [1.165, 1.54) is 19.3 Å².